The number of anilines is 1. The minimum Gasteiger partial charge on any atom is -0.369 e. The molecule has 1 saturated heterocycles. The summed E-state index contributed by atoms with van der Waals surface area (Å²) in [5, 5.41) is 0. The highest BCUT2D eigenvalue weighted by Gasteiger charge is 2.16. The number of aromatic nitrogens is 2. The average Bonchev–Trinajstić information content (AvgIpc) is 3.01. The zero-order valence-corrected chi connectivity index (χ0v) is 13.8. The molecule has 0 amide bonds. The van der Waals surface area contributed by atoms with Gasteiger partial charge in [-0.15, -0.1) is 6.42 Å². The Morgan fingerprint density at radius 2 is 1.71 bits per heavy atom. The molecule has 1 aromatic heterocycles. The second-order valence-corrected chi connectivity index (χ2v) is 6.21. The van der Waals surface area contributed by atoms with E-state index in [1.54, 1.807) is 0 Å². The first-order valence-corrected chi connectivity index (χ1v) is 8.24. The largest absolute Gasteiger partial charge is 0.369 e. The highest BCUT2D eigenvalue weighted by Crippen LogP contribution is 2.25. The maximum absolute atomic E-state index is 5.70. The molecule has 1 fully saturated rings. The van der Waals surface area contributed by atoms with E-state index in [4.69, 9.17) is 6.42 Å². The van der Waals surface area contributed by atoms with Crippen LogP contribution in [0.5, 0.6) is 0 Å². The first-order chi connectivity index (χ1) is 11.8. The summed E-state index contributed by atoms with van der Waals surface area (Å²) in [7, 11) is 2.17. The Labute approximate surface area is 142 Å². The van der Waals surface area contributed by atoms with Crippen LogP contribution in [0.25, 0.3) is 16.7 Å². The van der Waals surface area contributed by atoms with Crippen molar-refractivity contribution in [2.45, 2.75) is 0 Å². The van der Waals surface area contributed by atoms with Crippen LogP contribution in [0.1, 0.15) is 5.82 Å². The van der Waals surface area contributed by atoms with Crippen LogP contribution in [0.3, 0.4) is 0 Å². The molecule has 1 aliphatic rings. The van der Waals surface area contributed by atoms with Crippen molar-refractivity contribution in [3.63, 3.8) is 0 Å². The summed E-state index contributed by atoms with van der Waals surface area (Å²) in [5.41, 5.74) is 4.27. The number of hydrogen-bond acceptors (Lipinski definition) is 3. The van der Waals surface area contributed by atoms with Gasteiger partial charge in [0.25, 0.3) is 0 Å². The Balaban J connectivity index is 1.78. The van der Waals surface area contributed by atoms with Crippen LogP contribution in [0.2, 0.25) is 0 Å². The number of para-hydroxylation sites is 2. The van der Waals surface area contributed by atoms with Gasteiger partial charge in [0.1, 0.15) is 0 Å². The van der Waals surface area contributed by atoms with Crippen LogP contribution in [-0.2, 0) is 0 Å². The quantitative estimate of drug-likeness (QED) is 0.680. The molecule has 0 saturated carbocycles. The zero-order chi connectivity index (χ0) is 16.5. The van der Waals surface area contributed by atoms with E-state index in [9.17, 15) is 0 Å². The smallest absolute Gasteiger partial charge is 0.190 e. The average molecular weight is 316 g/mol. The fourth-order valence-electron chi connectivity index (χ4n) is 3.28. The Bertz CT molecular complexity index is 911. The van der Waals surface area contributed by atoms with Crippen molar-refractivity contribution in [1.29, 1.82) is 0 Å². The molecule has 24 heavy (non-hydrogen) atoms. The van der Waals surface area contributed by atoms with Crippen molar-refractivity contribution in [3.8, 4) is 18.0 Å². The molecule has 0 bridgehead atoms. The van der Waals surface area contributed by atoms with Gasteiger partial charge >= 0.3 is 0 Å². The monoisotopic (exact) mass is 316 g/mol. The van der Waals surface area contributed by atoms with Crippen LogP contribution in [0.15, 0.2) is 48.5 Å². The van der Waals surface area contributed by atoms with Gasteiger partial charge in [-0.1, -0.05) is 18.2 Å². The molecule has 2 aromatic carbocycles. The number of benzene rings is 2. The van der Waals surface area contributed by atoms with Gasteiger partial charge in [0.2, 0.25) is 0 Å². The number of imidazole rings is 1. The van der Waals surface area contributed by atoms with E-state index < -0.39 is 0 Å². The van der Waals surface area contributed by atoms with Gasteiger partial charge in [0.05, 0.1) is 16.7 Å². The highest BCUT2D eigenvalue weighted by atomic mass is 15.2. The van der Waals surface area contributed by atoms with Gasteiger partial charge in [-0.05, 0) is 43.3 Å². The minimum absolute atomic E-state index is 0.645. The number of piperazine rings is 1. The molecule has 4 heteroatoms. The van der Waals surface area contributed by atoms with Crippen LogP contribution in [0.4, 0.5) is 5.69 Å². The van der Waals surface area contributed by atoms with E-state index in [1.165, 1.54) is 5.69 Å². The van der Waals surface area contributed by atoms with Crippen molar-refractivity contribution < 1.29 is 0 Å². The minimum atomic E-state index is 0.645. The van der Waals surface area contributed by atoms with Gasteiger partial charge < -0.3 is 9.80 Å². The van der Waals surface area contributed by atoms with E-state index in [0.29, 0.717) is 5.82 Å². The van der Waals surface area contributed by atoms with Crippen molar-refractivity contribution in [3.05, 3.63) is 54.4 Å². The molecule has 0 unspecified atom stereocenters. The predicted molar refractivity (Wildman–Crippen MR) is 98.7 cm³/mol. The van der Waals surface area contributed by atoms with Gasteiger partial charge in [-0.25, -0.2) is 4.98 Å². The van der Waals surface area contributed by atoms with E-state index in [-0.39, 0.29) is 0 Å². The van der Waals surface area contributed by atoms with Gasteiger partial charge in [-0.2, -0.15) is 0 Å². The third-order valence-corrected chi connectivity index (χ3v) is 4.65. The second-order valence-electron chi connectivity index (χ2n) is 6.21. The van der Waals surface area contributed by atoms with E-state index >= 15 is 0 Å². The highest BCUT2D eigenvalue weighted by molar-refractivity contribution is 5.79. The summed E-state index contributed by atoms with van der Waals surface area (Å²) in [5.74, 6) is 3.36. The number of fused-ring (bicyclic) bond motifs is 1. The lowest BCUT2D eigenvalue weighted by molar-refractivity contribution is 0.313. The predicted octanol–water partition coefficient (Wildman–Crippen LogP) is 2.76. The van der Waals surface area contributed by atoms with E-state index in [0.717, 1.165) is 42.9 Å². The molecule has 0 N–H and O–H groups in total. The Morgan fingerprint density at radius 1 is 0.958 bits per heavy atom. The lowest BCUT2D eigenvalue weighted by Crippen LogP contribution is -2.44. The van der Waals surface area contributed by atoms with Crippen molar-refractivity contribution >= 4 is 16.7 Å². The molecule has 120 valence electrons. The number of terminal acetylenes is 1. The third-order valence-electron chi connectivity index (χ3n) is 4.65. The first-order valence-electron chi connectivity index (χ1n) is 8.24. The SMILES string of the molecule is C#Cc1nc2ccccc2n1-c1cccc(N2CCN(C)CC2)c1. The van der Waals surface area contributed by atoms with E-state index in [2.05, 4.69) is 62.7 Å². The fourth-order valence-corrected chi connectivity index (χ4v) is 3.28. The molecular formula is C20H20N4. The lowest BCUT2D eigenvalue weighted by Gasteiger charge is -2.34. The molecule has 4 rings (SSSR count). The van der Waals surface area contributed by atoms with Gasteiger partial charge in [-0.3, -0.25) is 4.57 Å². The summed E-state index contributed by atoms with van der Waals surface area (Å²) in [6.45, 7) is 4.28. The summed E-state index contributed by atoms with van der Waals surface area (Å²) < 4.78 is 2.06. The maximum Gasteiger partial charge on any atom is 0.190 e. The lowest BCUT2D eigenvalue weighted by atomic mass is 10.2. The molecule has 4 nitrogen and oxygen atoms in total. The number of likely N-dealkylation sites (N-methyl/N-ethyl adjacent to an activating group) is 1. The number of hydrogen-bond donors (Lipinski definition) is 0. The Kier molecular flexibility index (Phi) is 3.72. The molecule has 1 aliphatic heterocycles. The molecular weight excluding hydrogens is 296 g/mol. The van der Waals surface area contributed by atoms with E-state index in [1.807, 2.05) is 18.2 Å². The molecule has 0 spiro atoms. The Hall–Kier alpha value is -2.77. The van der Waals surface area contributed by atoms with Gasteiger partial charge in [0, 0.05) is 31.9 Å². The molecule has 3 aromatic rings. The van der Waals surface area contributed by atoms with Crippen LogP contribution in [0, 0.1) is 12.3 Å². The summed E-state index contributed by atoms with van der Waals surface area (Å²) in [4.78, 5) is 9.36. The third kappa shape index (κ3) is 2.53. The van der Waals surface area contributed by atoms with Crippen LogP contribution in [-0.4, -0.2) is 47.7 Å². The maximum atomic E-state index is 5.70. The summed E-state index contributed by atoms with van der Waals surface area (Å²) >= 11 is 0. The van der Waals surface area contributed by atoms with Crippen LogP contribution < -0.4 is 4.90 Å². The van der Waals surface area contributed by atoms with Gasteiger partial charge in [0.15, 0.2) is 5.82 Å². The fraction of sp³-hybridized carbons (Fsp3) is 0.250. The number of rotatable bonds is 2. The Morgan fingerprint density at radius 3 is 2.50 bits per heavy atom. The molecule has 0 aliphatic carbocycles. The van der Waals surface area contributed by atoms with Crippen LogP contribution >= 0.6 is 0 Å². The molecule has 0 atom stereocenters. The zero-order valence-electron chi connectivity index (χ0n) is 13.8. The second kappa shape index (κ2) is 6.03. The summed E-state index contributed by atoms with van der Waals surface area (Å²) in [6, 6.07) is 16.6. The first kappa shape index (κ1) is 14.8. The van der Waals surface area contributed by atoms with Crippen molar-refractivity contribution in [2.24, 2.45) is 0 Å². The molecule has 2 heterocycles. The normalized spacial score (nSPS) is 15.6. The van der Waals surface area contributed by atoms with Crippen molar-refractivity contribution in [1.82, 2.24) is 14.5 Å². The topological polar surface area (TPSA) is 24.3 Å². The number of nitrogens with zero attached hydrogens (tertiary/aromatic N) is 4. The standard InChI is InChI=1S/C20H20N4/c1-3-20-21-18-9-4-5-10-19(18)24(20)17-8-6-7-16(15-17)23-13-11-22(2)12-14-23/h1,4-10,15H,11-14H2,2H3. The van der Waals surface area contributed by atoms with Crippen molar-refractivity contribution in [2.75, 3.05) is 38.1 Å². The molecule has 0 radical (unpaired) electrons. The summed E-state index contributed by atoms with van der Waals surface area (Å²) in [6.07, 6.45) is 5.70.